The van der Waals surface area contributed by atoms with Crippen LogP contribution in [0.25, 0.3) is 11.5 Å². The monoisotopic (exact) mass is 228 g/mol. The third kappa shape index (κ3) is 2.23. The molecule has 17 heavy (non-hydrogen) atoms. The van der Waals surface area contributed by atoms with E-state index in [4.69, 9.17) is 0 Å². The van der Waals surface area contributed by atoms with Gasteiger partial charge in [-0.3, -0.25) is 0 Å². The number of aromatic hydroxyl groups is 1. The minimum absolute atomic E-state index is 0.0764. The van der Waals surface area contributed by atoms with Crippen molar-refractivity contribution >= 4 is 11.5 Å². The maximum absolute atomic E-state index is 9.89. The second-order valence-electron chi connectivity index (χ2n) is 3.58. The summed E-state index contributed by atoms with van der Waals surface area (Å²) in [6.45, 7) is 0. The lowest BCUT2D eigenvalue weighted by Crippen LogP contribution is -1.91. The Hall–Kier alpha value is -2.42. The number of hydrogen-bond acceptors (Lipinski definition) is 3. The molecule has 0 aliphatic rings. The molecule has 0 unspecified atom stereocenters. The zero-order chi connectivity index (χ0) is 12.3. The Balaban J connectivity index is 2.50. The van der Waals surface area contributed by atoms with Crippen molar-refractivity contribution in [2.75, 3.05) is 0 Å². The summed E-state index contributed by atoms with van der Waals surface area (Å²) in [7, 11) is 0. The van der Waals surface area contributed by atoms with E-state index in [0.717, 1.165) is 0 Å². The van der Waals surface area contributed by atoms with Gasteiger partial charge < -0.3 is 15.3 Å². The van der Waals surface area contributed by atoms with E-state index in [1.165, 1.54) is 12.1 Å². The van der Waals surface area contributed by atoms with Gasteiger partial charge in [0, 0.05) is 5.56 Å². The van der Waals surface area contributed by atoms with Gasteiger partial charge >= 0.3 is 0 Å². The molecule has 0 heterocycles. The molecule has 0 saturated carbocycles. The van der Waals surface area contributed by atoms with E-state index in [0.29, 0.717) is 5.56 Å². The Bertz CT molecular complexity index is 544. The van der Waals surface area contributed by atoms with Crippen molar-refractivity contribution in [3.63, 3.8) is 0 Å². The van der Waals surface area contributed by atoms with E-state index in [1.807, 2.05) is 6.07 Å². The minimum Gasteiger partial charge on any atom is -0.507 e. The molecule has 3 N–H and O–H groups in total. The first-order valence-corrected chi connectivity index (χ1v) is 5.16. The first-order valence-electron chi connectivity index (χ1n) is 5.16. The summed E-state index contributed by atoms with van der Waals surface area (Å²) in [6.07, 6.45) is 0. The number of aliphatic hydroxyl groups is 2. The van der Waals surface area contributed by atoms with Crippen LogP contribution in [0.2, 0.25) is 0 Å². The lowest BCUT2D eigenvalue weighted by Gasteiger charge is -2.06. The summed E-state index contributed by atoms with van der Waals surface area (Å²) in [6, 6.07) is 15.0. The van der Waals surface area contributed by atoms with E-state index in [9.17, 15) is 15.3 Å². The van der Waals surface area contributed by atoms with Crippen molar-refractivity contribution in [3.8, 4) is 5.75 Å². The second-order valence-corrected chi connectivity index (χ2v) is 3.58. The SMILES string of the molecule is OC(=C(O)c1ccccc1O)c1ccccc1. The van der Waals surface area contributed by atoms with Gasteiger partial charge in [-0.25, -0.2) is 0 Å². The van der Waals surface area contributed by atoms with Crippen LogP contribution in [0, 0.1) is 0 Å². The highest BCUT2D eigenvalue weighted by Crippen LogP contribution is 2.27. The highest BCUT2D eigenvalue weighted by molar-refractivity contribution is 5.84. The fraction of sp³-hybridized carbons (Fsp3) is 0. The Morgan fingerprint density at radius 3 is 1.94 bits per heavy atom. The van der Waals surface area contributed by atoms with Crippen molar-refractivity contribution in [1.82, 2.24) is 0 Å². The molecule has 0 spiro atoms. The van der Waals surface area contributed by atoms with Crippen molar-refractivity contribution in [1.29, 1.82) is 0 Å². The molecule has 0 aliphatic carbocycles. The Morgan fingerprint density at radius 1 is 0.706 bits per heavy atom. The van der Waals surface area contributed by atoms with Gasteiger partial charge in [-0.2, -0.15) is 0 Å². The Morgan fingerprint density at radius 2 is 1.29 bits per heavy atom. The maximum Gasteiger partial charge on any atom is 0.169 e. The van der Waals surface area contributed by atoms with Crippen LogP contribution in [0.1, 0.15) is 11.1 Å². The molecule has 2 rings (SSSR count). The third-order valence-electron chi connectivity index (χ3n) is 2.43. The average Bonchev–Trinajstić information content (AvgIpc) is 2.39. The molecule has 86 valence electrons. The summed E-state index contributed by atoms with van der Waals surface area (Å²) in [5, 5.41) is 29.3. The van der Waals surface area contributed by atoms with Crippen LogP contribution in [0.4, 0.5) is 0 Å². The molecule has 3 nitrogen and oxygen atoms in total. The smallest absolute Gasteiger partial charge is 0.169 e. The molecule has 2 aromatic carbocycles. The number of aliphatic hydroxyl groups excluding tert-OH is 2. The summed E-state index contributed by atoms with van der Waals surface area (Å²) in [4.78, 5) is 0. The average molecular weight is 228 g/mol. The normalized spacial score (nSPS) is 12.0. The predicted molar refractivity (Wildman–Crippen MR) is 66.6 cm³/mol. The van der Waals surface area contributed by atoms with E-state index in [1.54, 1.807) is 36.4 Å². The van der Waals surface area contributed by atoms with Crippen LogP contribution in [0.15, 0.2) is 54.6 Å². The van der Waals surface area contributed by atoms with Crippen LogP contribution in [0.5, 0.6) is 5.75 Å². The molecule has 0 saturated heterocycles. The van der Waals surface area contributed by atoms with Crippen LogP contribution in [0.3, 0.4) is 0 Å². The van der Waals surface area contributed by atoms with Crippen LogP contribution >= 0.6 is 0 Å². The first-order chi connectivity index (χ1) is 8.20. The molecule has 0 aromatic heterocycles. The fourth-order valence-electron chi connectivity index (χ4n) is 1.53. The number of phenolic OH excluding ortho intramolecular Hbond substituents is 1. The molecule has 0 atom stereocenters. The lowest BCUT2D eigenvalue weighted by atomic mass is 10.1. The van der Waals surface area contributed by atoms with Crippen molar-refractivity contribution in [3.05, 3.63) is 65.7 Å². The maximum atomic E-state index is 9.89. The zero-order valence-corrected chi connectivity index (χ0v) is 9.04. The predicted octanol–water partition coefficient (Wildman–Crippen LogP) is 3.33. The Kier molecular flexibility index (Phi) is 3.01. The largest absolute Gasteiger partial charge is 0.507 e. The van der Waals surface area contributed by atoms with Gasteiger partial charge in [-0.15, -0.1) is 0 Å². The minimum atomic E-state index is -0.339. The van der Waals surface area contributed by atoms with Crippen LogP contribution < -0.4 is 0 Å². The number of hydrogen-bond donors (Lipinski definition) is 3. The van der Waals surface area contributed by atoms with Crippen molar-refractivity contribution in [2.24, 2.45) is 0 Å². The molecular weight excluding hydrogens is 216 g/mol. The van der Waals surface area contributed by atoms with Gasteiger partial charge in [0.05, 0.1) is 5.56 Å². The highest BCUT2D eigenvalue weighted by Gasteiger charge is 2.11. The zero-order valence-electron chi connectivity index (χ0n) is 9.04. The number of phenols is 1. The van der Waals surface area contributed by atoms with E-state index in [2.05, 4.69) is 0 Å². The quantitative estimate of drug-likeness (QED) is 0.545. The summed E-state index contributed by atoms with van der Waals surface area (Å²) in [5.74, 6) is -0.672. The van der Waals surface area contributed by atoms with Crippen LogP contribution in [-0.4, -0.2) is 15.3 Å². The second kappa shape index (κ2) is 4.61. The third-order valence-corrected chi connectivity index (χ3v) is 2.43. The number of rotatable bonds is 2. The van der Waals surface area contributed by atoms with E-state index in [-0.39, 0.29) is 22.8 Å². The fourth-order valence-corrected chi connectivity index (χ4v) is 1.53. The number of para-hydroxylation sites is 1. The van der Waals surface area contributed by atoms with Gasteiger partial charge in [0.15, 0.2) is 11.5 Å². The van der Waals surface area contributed by atoms with Gasteiger partial charge in [-0.1, -0.05) is 42.5 Å². The molecule has 3 heteroatoms. The molecule has 0 amide bonds. The van der Waals surface area contributed by atoms with Crippen LogP contribution in [-0.2, 0) is 0 Å². The van der Waals surface area contributed by atoms with Gasteiger partial charge in [0.25, 0.3) is 0 Å². The summed E-state index contributed by atoms with van der Waals surface area (Å²) < 4.78 is 0. The first kappa shape index (κ1) is 11.1. The molecule has 0 radical (unpaired) electrons. The van der Waals surface area contributed by atoms with Crippen molar-refractivity contribution in [2.45, 2.75) is 0 Å². The van der Waals surface area contributed by atoms with E-state index >= 15 is 0 Å². The standard InChI is InChI=1S/C14H12O3/c15-12-9-5-4-8-11(12)14(17)13(16)10-6-2-1-3-7-10/h1-9,15-17H. The summed E-state index contributed by atoms with van der Waals surface area (Å²) in [5.41, 5.74) is 0.696. The lowest BCUT2D eigenvalue weighted by molar-refractivity contribution is 0.443. The molecule has 0 fully saturated rings. The van der Waals surface area contributed by atoms with Gasteiger partial charge in [0.1, 0.15) is 5.75 Å². The van der Waals surface area contributed by atoms with Gasteiger partial charge in [0.2, 0.25) is 0 Å². The molecule has 0 aliphatic heterocycles. The topological polar surface area (TPSA) is 60.7 Å². The summed E-state index contributed by atoms with van der Waals surface area (Å²) >= 11 is 0. The molecule has 0 bridgehead atoms. The van der Waals surface area contributed by atoms with Crippen molar-refractivity contribution < 1.29 is 15.3 Å². The molecular formula is C14H12O3. The number of benzene rings is 2. The Labute approximate surface area is 98.9 Å². The van der Waals surface area contributed by atoms with Gasteiger partial charge in [-0.05, 0) is 12.1 Å². The van der Waals surface area contributed by atoms with E-state index < -0.39 is 0 Å². The highest BCUT2D eigenvalue weighted by atomic mass is 16.3. The molecule has 2 aromatic rings.